The van der Waals surface area contributed by atoms with Gasteiger partial charge in [0.25, 0.3) is 0 Å². The van der Waals surface area contributed by atoms with Gasteiger partial charge in [-0.15, -0.1) is 11.3 Å². The first-order valence-corrected chi connectivity index (χ1v) is 11.6. The third-order valence-electron chi connectivity index (χ3n) is 4.84. The van der Waals surface area contributed by atoms with Crippen molar-refractivity contribution < 1.29 is 8.42 Å². The van der Waals surface area contributed by atoms with Crippen LogP contribution in [0.1, 0.15) is 12.8 Å². The molecule has 0 saturated carbocycles. The topological polar surface area (TPSA) is 50.3 Å². The van der Waals surface area contributed by atoms with E-state index in [1.54, 1.807) is 29.5 Å². The smallest absolute Gasteiger partial charge is 0.185 e. The van der Waals surface area contributed by atoms with E-state index in [1.807, 2.05) is 30.3 Å². The Morgan fingerprint density at radius 3 is 2.48 bits per heavy atom. The van der Waals surface area contributed by atoms with Crippen molar-refractivity contribution in [3.8, 4) is 11.3 Å². The number of hydrogen-bond donors (Lipinski definition) is 0. The number of piperidine rings is 1. The summed E-state index contributed by atoms with van der Waals surface area (Å²) in [6.07, 6.45) is 1.18. The Bertz CT molecular complexity index is 1030. The van der Waals surface area contributed by atoms with Gasteiger partial charge in [0.05, 0.1) is 15.8 Å². The van der Waals surface area contributed by atoms with Crippen molar-refractivity contribution >= 4 is 37.9 Å². The Labute approximate surface area is 168 Å². The maximum atomic E-state index is 12.9. The summed E-state index contributed by atoms with van der Waals surface area (Å²) in [7, 11) is -3.36. The summed E-state index contributed by atoms with van der Waals surface area (Å²) < 4.78 is 25.8. The Morgan fingerprint density at radius 1 is 1.04 bits per heavy atom. The van der Waals surface area contributed by atoms with E-state index in [0.29, 0.717) is 35.8 Å². The number of rotatable bonds is 4. The molecule has 3 aromatic rings. The highest BCUT2D eigenvalue weighted by Gasteiger charge is 2.32. The molecule has 0 atom stereocenters. The van der Waals surface area contributed by atoms with Crippen LogP contribution < -0.4 is 4.90 Å². The van der Waals surface area contributed by atoms with Gasteiger partial charge in [-0.1, -0.05) is 48.0 Å². The molecule has 0 aliphatic carbocycles. The van der Waals surface area contributed by atoms with Crippen LogP contribution in [0.3, 0.4) is 0 Å². The van der Waals surface area contributed by atoms with Crippen LogP contribution in [-0.2, 0) is 9.84 Å². The van der Waals surface area contributed by atoms with Gasteiger partial charge in [0.15, 0.2) is 15.0 Å². The molecule has 0 spiro atoms. The molecule has 1 aliphatic rings. The van der Waals surface area contributed by atoms with Crippen LogP contribution in [0.2, 0.25) is 5.02 Å². The normalized spacial score (nSPS) is 15.8. The Morgan fingerprint density at radius 2 is 1.78 bits per heavy atom. The predicted octanol–water partition coefficient (Wildman–Crippen LogP) is 4.91. The molecule has 1 fully saturated rings. The van der Waals surface area contributed by atoms with Crippen LogP contribution in [0.5, 0.6) is 0 Å². The van der Waals surface area contributed by atoms with Crippen molar-refractivity contribution in [3.05, 3.63) is 65.0 Å². The highest BCUT2D eigenvalue weighted by atomic mass is 35.5. The third-order valence-corrected chi connectivity index (χ3v) is 8.23. The van der Waals surface area contributed by atoms with E-state index in [-0.39, 0.29) is 5.25 Å². The Kier molecular flexibility index (Phi) is 5.21. The molecule has 2 heterocycles. The molecule has 7 heteroatoms. The van der Waals surface area contributed by atoms with Gasteiger partial charge in [-0.3, -0.25) is 0 Å². The van der Waals surface area contributed by atoms with Gasteiger partial charge < -0.3 is 4.90 Å². The molecular weight excluding hydrogens is 400 g/mol. The van der Waals surface area contributed by atoms with Crippen LogP contribution in [0.15, 0.2) is 64.9 Å². The number of hydrogen-bond acceptors (Lipinski definition) is 5. The van der Waals surface area contributed by atoms with Crippen molar-refractivity contribution in [3.63, 3.8) is 0 Å². The maximum absolute atomic E-state index is 12.9. The summed E-state index contributed by atoms with van der Waals surface area (Å²) in [6, 6.07) is 16.6. The lowest BCUT2D eigenvalue weighted by Crippen LogP contribution is -2.39. The fraction of sp³-hybridized carbons (Fsp3) is 0.250. The number of nitrogens with zero attached hydrogens (tertiary/aromatic N) is 2. The van der Waals surface area contributed by atoms with E-state index in [9.17, 15) is 8.42 Å². The minimum Gasteiger partial charge on any atom is -0.348 e. The third kappa shape index (κ3) is 3.88. The van der Waals surface area contributed by atoms with E-state index in [1.165, 1.54) is 6.07 Å². The largest absolute Gasteiger partial charge is 0.348 e. The summed E-state index contributed by atoms with van der Waals surface area (Å²) >= 11 is 7.57. The van der Waals surface area contributed by atoms with E-state index < -0.39 is 9.84 Å². The zero-order valence-corrected chi connectivity index (χ0v) is 17.0. The maximum Gasteiger partial charge on any atom is 0.185 e. The van der Waals surface area contributed by atoms with E-state index in [4.69, 9.17) is 16.6 Å². The fourth-order valence-corrected chi connectivity index (χ4v) is 6.26. The molecule has 1 saturated heterocycles. The first kappa shape index (κ1) is 18.5. The van der Waals surface area contributed by atoms with E-state index in [2.05, 4.69) is 10.3 Å². The standard InChI is InChI=1S/C20H19ClN2O2S2/c21-16-7-4-8-18(13-16)27(24,25)17-9-11-23(12-10-17)20-22-19(14-26-20)15-5-2-1-3-6-15/h1-8,13-14,17H,9-12H2. The molecule has 0 N–H and O–H groups in total. The number of benzene rings is 2. The van der Waals surface area contributed by atoms with Crippen molar-refractivity contribution in [1.29, 1.82) is 0 Å². The Hall–Kier alpha value is -1.89. The molecule has 0 radical (unpaired) electrons. The lowest BCUT2D eigenvalue weighted by atomic mass is 10.1. The van der Waals surface area contributed by atoms with Crippen molar-refractivity contribution in [1.82, 2.24) is 4.98 Å². The number of thiazole rings is 1. The summed E-state index contributed by atoms with van der Waals surface area (Å²) in [6.45, 7) is 1.37. The van der Waals surface area contributed by atoms with Gasteiger partial charge in [0.2, 0.25) is 0 Å². The molecule has 27 heavy (non-hydrogen) atoms. The number of aromatic nitrogens is 1. The Balaban J connectivity index is 1.46. The second kappa shape index (κ2) is 7.62. The average Bonchev–Trinajstić information content (AvgIpc) is 3.19. The fourth-order valence-electron chi connectivity index (χ4n) is 3.34. The predicted molar refractivity (Wildman–Crippen MR) is 111 cm³/mol. The van der Waals surface area contributed by atoms with Gasteiger partial charge >= 0.3 is 0 Å². The van der Waals surface area contributed by atoms with E-state index >= 15 is 0 Å². The average molecular weight is 419 g/mol. The van der Waals surface area contributed by atoms with Gasteiger partial charge in [0, 0.05) is 29.1 Å². The molecule has 0 amide bonds. The van der Waals surface area contributed by atoms with Crippen molar-refractivity contribution in [2.24, 2.45) is 0 Å². The number of sulfone groups is 1. The van der Waals surface area contributed by atoms with Gasteiger partial charge in [-0.05, 0) is 31.0 Å². The molecule has 140 valence electrons. The molecule has 0 bridgehead atoms. The lowest BCUT2D eigenvalue weighted by molar-refractivity contribution is 0.529. The molecule has 1 aliphatic heterocycles. The molecule has 2 aromatic carbocycles. The van der Waals surface area contributed by atoms with Gasteiger partial charge in [-0.25, -0.2) is 13.4 Å². The van der Waals surface area contributed by atoms with Crippen molar-refractivity contribution in [2.75, 3.05) is 18.0 Å². The first-order chi connectivity index (χ1) is 13.0. The van der Waals surface area contributed by atoms with Crippen molar-refractivity contribution in [2.45, 2.75) is 23.0 Å². The summed E-state index contributed by atoms with van der Waals surface area (Å²) in [4.78, 5) is 7.23. The summed E-state index contributed by atoms with van der Waals surface area (Å²) in [5.41, 5.74) is 2.06. The zero-order chi connectivity index (χ0) is 18.9. The highest BCUT2D eigenvalue weighted by Crippen LogP contribution is 2.32. The molecule has 1 aromatic heterocycles. The van der Waals surface area contributed by atoms with Gasteiger partial charge in [-0.2, -0.15) is 0 Å². The van der Waals surface area contributed by atoms with Crippen LogP contribution >= 0.6 is 22.9 Å². The number of anilines is 1. The minimum absolute atomic E-state index is 0.314. The second-order valence-corrected chi connectivity index (χ2v) is 10.1. The molecular formula is C20H19ClN2O2S2. The lowest BCUT2D eigenvalue weighted by Gasteiger charge is -2.31. The van der Waals surface area contributed by atoms with Crippen LogP contribution in [0.4, 0.5) is 5.13 Å². The first-order valence-electron chi connectivity index (χ1n) is 8.79. The van der Waals surface area contributed by atoms with Crippen LogP contribution in [-0.4, -0.2) is 31.7 Å². The quantitative estimate of drug-likeness (QED) is 0.604. The number of halogens is 1. The van der Waals surface area contributed by atoms with E-state index in [0.717, 1.165) is 16.4 Å². The summed E-state index contributed by atoms with van der Waals surface area (Å²) in [5, 5.41) is 3.08. The van der Waals surface area contributed by atoms with Gasteiger partial charge in [0.1, 0.15) is 0 Å². The van der Waals surface area contributed by atoms with Crippen LogP contribution in [0, 0.1) is 0 Å². The molecule has 4 nitrogen and oxygen atoms in total. The highest BCUT2D eigenvalue weighted by molar-refractivity contribution is 7.92. The van der Waals surface area contributed by atoms with Crippen LogP contribution in [0.25, 0.3) is 11.3 Å². The second-order valence-electron chi connectivity index (χ2n) is 6.57. The SMILES string of the molecule is O=S(=O)(c1cccc(Cl)c1)C1CCN(c2nc(-c3ccccc3)cs2)CC1. The minimum atomic E-state index is -3.36. The summed E-state index contributed by atoms with van der Waals surface area (Å²) in [5.74, 6) is 0. The molecule has 4 rings (SSSR count). The monoisotopic (exact) mass is 418 g/mol. The molecule has 0 unspecified atom stereocenters. The zero-order valence-electron chi connectivity index (χ0n) is 14.6.